The van der Waals surface area contributed by atoms with Crippen molar-refractivity contribution >= 4 is 33.5 Å². The van der Waals surface area contributed by atoms with Crippen LogP contribution in [-0.4, -0.2) is 10.0 Å². The number of phenols is 1. The first-order valence-corrected chi connectivity index (χ1v) is 6.72. The Hall–Kier alpha value is -3.48. The normalized spacial score (nSPS) is 11.1. The highest BCUT2D eigenvalue weighted by atomic mass is 16.6. The van der Waals surface area contributed by atoms with Crippen LogP contribution < -0.4 is 5.73 Å². The number of fused-ring (bicyclic) bond motifs is 1. The Morgan fingerprint density at radius 1 is 1.00 bits per heavy atom. The van der Waals surface area contributed by atoms with Crippen LogP contribution in [0.3, 0.4) is 0 Å². The fourth-order valence-electron chi connectivity index (χ4n) is 2.14. The topological polar surface area (TPSA) is 114 Å². The quantitative estimate of drug-likeness (QED) is 0.322. The molecule has 0 aliphatic heterocycles. The lowest BCUT2D eigenvalue weighted by atomic mass is 10.1. The van der Waals surface area contributed by atoms with Crippen LogP contribution >= 0.6 is 0 Å². The van der Waals surface area contributed by atoms with E-state index in [0.717, 1.165) is 5.39 Å². The van der Waals surface area contributed by atoms with Crippen molar-refractivity contribution < 1.29 is 10.0 Å². The monoisotopic (exact) mass is 308 g/mol. The molecule has 3 N–H and O–H groups in total. The maximum Gasteiger partial charge on any atom is 0.269 e. The van der Waals surface area contributed by atoms with Gasteiger partial charge < -0.3 is 10.8 Å². The zero-order valence-corrected chi connectivity index (χ0v) is 11.9. The number of hydrogen-bond acceptors (Lipinski definition) is 6. The first-order chi connectivity index (χ1) is 11.0. The van der Waals surface area contributed by atoms with Crippen LogP contribution in [0.2, 0.25) is 0 Å². The molecule has 0 saturated carbocycles. The molecule has 0 bridgehead atoms. The molecule has 0 amide bonds. The van der Waals surface area contributed by atoms with Gasteiger partial charge in [-0.15, -0.1) is 5.11 Å². The molecule has 0 saturated heterocycles. The van der Waals surface area contributed by atoms with Crippen molar-refractivity contribution in [1.29, 1.82) is 0 Å². The van der Waals surface area contributed by atoms with Crippen LogP contribution in [0.1, 0.15) is 0 Å². The van der Waals surface area contributed by atoms with Gasteiger partial charge in [0.05, 0.1) is 10.6 Å². The zero-order valence-electron chi connectivity index (χ0n) is 11.9. The van der Waals surface area contributed by atoms with E-state index in [9.17, 15) is 15.2 Å². The summed E-state index contributed by atoms with van der Waals surface area (Å²) in [5.41, 5.74) is 6.98. The SMILES string of the molecule is Nc1ccc2ccc(N=Nc3ccc([N+](=O)[O-])cc3)c(O)c2c1. The van der Waals surface area contributed by atoms with E-state index in [-0.39, 0.29) is 11.4 Å². The lowest BCUT2D eigenvalue weighted by Crippen LogP contribution is -1.85. The Morgan fingerprint density at radius 3 is 2.39 bits per heavy atom. The zero-order chi connectivity index (χ0) is 16.4. The molecule has 0 aliphatic rings. The first kappa shape index (κ1) is 14.5. The molecule has 3 aromatic carbocycles. The lowest BCUT2D eigenvalue weighted by Gasteiger charge is -2.04. The molecular formula is C16H12N4O3. The van der Waals surface area contributed by atoms with Gasteiger partial charge in [0.25, 0.3) is 5.69 Å². The van der Waals surface area contributed by atoms with Crippen LogP contribution in [0.4, 0.5) is 22.7 Å². The summed E-state index contributed by atoms with van der Waals surface area (Å²) in [4.78, 5) is 10.1. The Morgan fingerprint density at radius 2 is 1.70 bits per heavy atom. The maximum absolute atomic E-state index is 10.6. The van der Waals surface area contributed by atoms with Crippen molar-refractivity contribution in [3.05, 3.63) is 64.7 Å². The van der Waals surface area contributed by atoms with Crippen molar-refractivity contribution in [2.45, 2.75) is 0 Å². The van der Waals surface area contributed by atoms with Crippen LogP contribution in [-0.2, 0) is 0 Å². The molecule has 0 unspecified atom stereocenters. The van der Waals surface area contributed by atoms with Gasteiger partial charge in [-0.2, -0.15) is 5.11 Å². The third-order valence-electron chi connectivity index (χ3n) is 3.33. The molecule has 7 nitrogen and oxygen atoms in total. The number of anilines is 1. The fourth-order valence-corrected chi connectivity index (χ4v) is 2.14. The minimum atomic E-state index is -0.486. The minimum Gasteiger partial charge on any atom is -0.505 e. The Labute approximate surface area is 130 Å². The van der Waals surface area contributed by atoms with Crippen molar-refractivity contribution in [2.24, 2.45) is 10.2 Å². The molecule has 0 fully saturated rings. The molecule has 3 rings (SSSR count). The number of nitrogen functional groups attached to an aromatic ring is 1. The summed E-state index contributed by atoms with van der Waals surface area (Å²) >= 11 is 0. The molecule has 7 heteroatoms. The van der Waals surface area contributed by atoms with E-state index in [0.29, 0.717) is 22.4 Å². The second kappa shape index (κ2) is 5.72. The smallest absolute Gasteiger partial charge is 0.269 e. The summed E-state index contributed by atoms with van der Waals surface area (Å²) in [6.07, 6.45) is 0. The molecule has 23 heavy (non-hydrogen) atoms. The van der Waals surface area contributed by atoms with Crippen molar-refractivity contribution in [3.63, 3.8) is 0 Å². The predicted molar refractivity (Wildman–Crippen MR) is 87.3 cm³/mol. The number of rotatable bonds is 3. The average molecular weight is 308 g/mol. The summed E-state index contributed by atoms with van der Waals surface area (Å²) in [7, 11) is 0. The molecule has 114 valence electrons. The second-order valence-corrected chi connectivity index (χ2v) is 4.89. The largest absolute Gasteiger partial charge is 0.505 e. The predicted octanol–water partition coefficient (Wildman–Crippen LogP) is 4.45. The van der Waals surface area contributed by atoms with E-state index < -0.39 is 4.92 Å². The van der Waals surface area contributed by atoms with Crippen LogP contribution in [0.25, 0.3) is 10.8 Å². The fraction of sp³-hybridized carbons (Fsp3) is 0. The van der Waals surface area contributed by atoms with E-state index in [4.69, 9.17) is 5.73 Å². The molecule has 0 radical (unpaired) electrons. The van der Waals surface area contributed by atoms with Gasteiger partial charge in [-0.3, -0.25) is 10.1 Å². The molecule has 3 aromatic rings. The number of nitrogens with two attached hydrogens (primary N) is 1. The van der Waals surface area contributed by atoms with Crippen molar-refractivity contribution in [3.8, 4) is 5.75 Å². The van der Waals surface area contributed by atoms with Crippen LogP contribution in [0, 0.1) is 10.1 Å². The third kappa shape index (κ3) is 2.93. The number of benzene rings is 3. The number of phenolic OH excluding ortho intramolecular Hbond substituents is 1. The maximum atomic E-state index is 10.6. The first-order valence-electron chi connectivity index (χ1n) is 6.72. The number of nitrogens with zero attached hydrogens (tertiary/aromatic N) is 3. The second-order valence-electron chi connectivity index (χ2n) is 4.89. The number of nitro benzene ring substituents is 1. The average Bonchev–Trinajstić information content (AvgIpc) is 2.55. The molecule has 0 aromatic heterocycles. The van der Waals surface area contributed by atoms with E-state index in [2.05, 4.69) is 10.2 Å². The Kier molecular flexibility index (Phi) is 3.60. The number of non-ortho nitro benzene ring substituents is 1. The summed E-state index contributed by atoms with van der Waals surface area (Å²) in [5.74, 6) is -0.0135. The summed E-state index contributed by atoms with van der Waals surface area (Å²) < 4.78 is 0. The minimum absolute atomic E-state index is 0.0135. The standard InChI is InChI=1S/C16H12N4O3/c17-11-3-1-10-2-8-15(16(21)14(10)9-11)19-18-12-4-6-13(7-5-12)20(22)23/h1-9,21H,17H2. The summed E-state index contributed by atoms with van der Waals surface area (Å²) in [6, 6.07) is 14.3. The van der Waals surface area contributed by atoms with Crippen LogP contribution in [0.15, 0.2) is 64.8 Å². The molecule has 0 heterocycles. The molecular weight excluding hydrogens is 296 g/mol. The third-order valence-corrected chi connectivity index (χ3v) is 3.33. The lowest BCUT2D eigenvalue weighted by molar-refractivity contribution is -0.384. The van der Waals surface area contributed by atoms with Crippen molar-refractivity contribution in [1.82, 2.24) is 0 Å². The molecule has 0 atom stereocenters. The van der Waals surface area contributed by atoms with Gasteiger partial charge in [-0.05, 0) is 35.7 Å². The number of aromatic hydroxyl groups is 1. The highest BCUT2D eigenvalue weighted by molar-refractivity contribution is 5.94. The van der Waals surface area contributed by atoms with Gasteiger partial charge in [-0.1, -0.05) is 12.1 Å². The van der Waals surface area contributed by atoms with E-state index >= 15 is 0 Å². The van der Waals surface area contributed by atoms with Gasteiger partial charge in [-0.25, -0.2) is 0 Å². The summed E-state index contributed by atoms with van der Waals surface area (Å²) in [6.45, 7) is 0. The number of nitro groups is 1. The van der Waals surface area contributed by atoms with Gasteiger partial charge in [0.2, 0.25) is 0 Å². The van der Waals surface area contributed by atoms with Gasteiger partial charge in [0.1, 0.15) is 5.69 Å². The van der Waals surface area contributed by atoms with E-state index in [1.807, 2.05) is 6.07 Å². The Balaban J connectivity index is 1.94. The van der Waals surface area contributed by atoms with Gasteiger partial charge in [0.15, 0.2) is 5.75 Å². The van der Waals surface area contributed by atoms with Crippen molar-refractivity contribution in [2.75, 3.05) is 5.73 Å². The molecule has 0 aliphatic carbocycles. The van der Waals surface area contributed by atoms with Crippen LogP contribution in [0.5, 0.6) is 5.75 Å². The number of hydrogen-bond donors (Lipinski definition) is 2. The highest BCUT2D eigenvalue weighted by Gasteiger charge is 2.07. The van der Waals surface area contributed by atoms with Gasteiger partial charge >= 0.3 is 0 Å². The van der Waals surface area contributed by atoms with Gasteiger partial charge in [0, 0.05) is 23.2 Å². The Bertz CT molecular complexity index is 921. The number of azo groups is 1. The van der Waals surface area contributed by atoms with E-state index in [1.165, 1.54) is 24.3 Å². The van der Waals surface area contributed by atoms with E-state index in [1.54, 1.807) is 24.3 Å². The molecule has 0 spiro atoms. The highest BCUT2D eigenvalue weighted by Crippen LogP contribution is 2.36. The summed E-state index contributed by atoms with van der Waals surface area (Å²) in [5, 5.41) is 30.3.